The average molecular weight is 461 g/mol. The van der Waals surface area contributed by atoms with Crippen molar-refractivity contribution in [2.45, 2.75) is 45.2 Å². The number of pyridine rings is 1. The van der Waals surface area contributed by atoms with Gasteiger partial charge in [-0.15, -0.1) is 0 Å². The van der Waals surface area contributed by atoms with Crippen molar-refractivity contribution in [3.8, 4) is 0 Å². The molecule has 2 aliphatic heterocycles. The molecular formula is C22H26Cl2N6O. The van der Waals surface area contributed by atoms with E-state index in [1.54, 1.807) is 23.9 Å². The molecule has 4 heterocycles. The van der Waals surface area contributed by atoms with E-state index in [0.29, 0.717) is 46.0 Å². The number of hydrogen-bond donors (Lipinski definition) is 1. The van der Waals surface area contributed by atoms with Gasteiger partial charge in [-0.2, -0.15) is 0 Å². The van der Waals surface area contributed by atoms with Gasteiger partial charge in [-0.1, -0.05) is 30.1 Å². The van der Waals surface area contributed by atoms with Crippen molar-refractivity contribution in [1.29, 1.82) is 0 Å². The zero-order valence-electron chi connectivity index (χ0n) is 17.7. The highest BCUT2D eigenvalue weighted by Crippen LogP contribution is 2.48. The molecular weight excluding hydrogens is 435 g/mol. The summed E-state index contributed by atoms with van der Waals surface area (Å²) in [6.07, 6.45) is 6.05. The predicted molar refractivity (Wildman–Crippen MR) is 123 cm³/mol. The minimum Gasteiger partial charge on any atom is -0.342 e. The Labute approximate surface area is 191 Å². The third-order valence-electron chi connectivity index (χ3n) is 7.53. The van der Waals surface area contributed by atoms with Crippen LogP contribution in [0, 0.1) is 11.3 Å². The van der Waals surface area contributed by atoms with Gasteiger partial charge in [0.15, 0.2) is 0 Å². The number of aliphatic imine (C=N–C) groups is 1. The minimum atomic E-state index is -0.119. The zero-order chi connectivity index (χ0) is 21.9. The molecule has 0 radical (unpaired) electrons. The number of piperidine rings is 1. The normalized spacial score (nSPS) is 24.5. The molecule has 1 saturated heterocycles. The van der Waals surface area contributed by atoms with E-state index in [0.717, 1.165) is 25.9 Å². The van der Waals surface area contributed by atoms with Crippen LogP contribution in [-0.4, -0.2) is 39.4 Å². The Bertz CT molecular complexity index is 1140. The van der Waals surface area contributed by atoms with E-state index in [2.05, 4.69) is 21.8 Å². The lowest BCUT2D eigenvalue weighted by molar-refractivity contribution is 0.185. The lowest BCUT2D eigenvalue weighted by Gasteiger charge is -2.43. The standard InChI is InChI=1S/C22H26Cl2N6O/c1-12-3-5-22(18(12)25)6-9-30(10-7-22)21-28-14-11-27-17(15(14)20(31)29(21)2)13-4-8-26-19(24)16(13)23/h4,8,12,18H,3,5-7,9-11,25H2,1-2H3/t12-,18-/m1/s1. The van der Waals surface area contributed by atoms with Gasteiger partial charge in [-0.3, -0.25) is 14.4 Å². The fourth-order valence-electron chi connectivity index (χ4n) is 5.52. The number of anilines is 1. The molecule has 0 unspecified atom stereocenters. The average Bonchev–Trinajstić information content (AvgIpc) is 3.31. The van der Waals surface area contributed by atoms with Crippen molar-refractivity contribution in [2.75, 3.05) is 18.0 Å². The van der Waals surface area contributed by atoms with Crippen LogP contribution in [-0.2, 0) is 13.6 Å². The largest absolute Gasteiger partial charge is 0.342 e. The van der Waals surface area contributed by atoms with Crippen LogP contribution in [0.1, 0.15) is 49.4 Å². The third kappa shape index (κ3) is 3.20. The summed E-state index contributed by atoms with van der Waals surface area (Å²) in [6.45, 7) is 4.33. The van der Waals surface area contributed by atoms with Gasteiger partial charge in [0.2, 0.25) is 5.95 Å². The maximum atomic E-state index is 13.4. The lowest BCUT2D eigenvalue weighted by atomic mass is 9.73. The Morgan fingerprint density at radius 2 is 1.97 bits per heavy atom. The summed E-state index contributed by atoms with van der Waals surface area (Å²) in [5, 5.41) is 0.490. The van der Waals surface area contributed by atoms with E-state index in [-0.39, 0.29) is 22.2 Å². The molecule has 2 N–H and O–H groups in total. The Morgan fingerprint density at radius 3 is 2.65 bits per heavy atom. The summed E-state index contributed by atoms with van der Waals surface area (Å²) in [6, 6.07) is 1.99. The van der Waals surface area contributed by atoms with Gasteiger partial charge in [-0.25, -0.2) is 9.97 Å². The summed E-state index contributed by atoms with van der Waals surface area (Å²) >= 11 is 12.4. The van der Waals surface area contributed by atoms with Crippen molar-refractivity contribution in [3.05, 3.63) is 49.6 Å². The Morgan fingerprint density at radius 1 is 1.23 bits per heavy atom. The molecule has 31 heavy (non-hydrogen) atoms. The Hall–Kier alpha value is -1.96. The quantitative estimate of drug-likeness (QED) is 0.694. The second-order valence-corrected chi connectivity index (χ2v) is 9.85. The molecule has 2 atom stereocenters. The highest BCUT2D eigenvalue weighted by molar-refractivity contribution is 6.44. The van der Waals surface area contributed by atoms with Crippen LogP contribution in [0.25, 0.3) is 0 Å². The second-order valence-electron chi connectivity index (χ2n) is 9.12. The number of hydrogen-bond acceptors (Lipinski definition) is 6. The van der Waals surface area contributed by atoms with Gasteiger partial charge in [0.05, 0.1) is 28.5 Å². The molecule has 0 aromatic carbocycles. The molecule has 2 aromatic heterocycles. The molecule has 2 aromatic rings. The second kappa shape index (κ2) is 7.57. The van der Waals surface area contributed by atoms with Crippen LogP contribution < -0.4 is 16.2 Å². The third-order valence-corrected chi connectivity index (χ3v) is 8.29. The van der Waals surface area contributed by atoms with Crippen LogP contribution in [0.2, 0.25) is 10.2 Å². The van der Waals surface area contributed by atoms with E-state index in [1.807, 2.05) is 0 Å². The Kier molecular flexibility index (Phi) is 5.11. The van der Waals surface area contributed by atoms with E-state index in [1.165, 1.54) is 12.8 Å². The molecule has 9 heteroatoms. The minimum absolute atomic E-state index is 0.119. The first-order chi connectivity index (χ1) is 14.8. The molecule has 1 aliphatic carbocycles. The number of aromatic nitrogens is 3. The molecule has 3 aliphatic rings. The molecule has 7 nitrogen and oxygen atoms in total. The van der Waals surface area contributed by atoms with Crippen LogP contribution in [0.15, 0.2) is 22.1 Å². The fourth-order valence-corrected chi connectivity index (χ4v) is 5.88. The monoisotopic (exact) mass is 460 g/mol. The SMILES string of the molecule is C[C@@H]1CCC2(CCN(c3nc4c(c(=O)n3C)C(c3ccnc(Cl)c3Cl)=NC4)CC2)[C@@H]1N. The van der Waals surface area contributed by atoms with Gasteiger partial charge < -0.3 is 10.6 Å². The summed E-state index contributed by atoms with van der Waals surface area (Å²) in [7, 11) is 1.77. The fraction of sp³-hybridized carbons (Fsp3) is 0.545. The van der Waals surface area contributed by atoms with Crippen molar-refractivity contribution >= 4 is 34.9 Å². The van der Waals surface area contributed by atoms with Gasteiger partial charge in [0.1, 0.15) is 5.15 Å². The highest BCUT2D eigenvalue weighted by atomic mass is 35.5. The zero-order valence-corrected chi connectivity index (χ0v) is 19.2. The maximum Gasteiger partial charge on any atom is 0.264 e. The summed E-state index contributed by atoms with van der Waals surface area (Å²) in [5.74, 6) is 1.28. The topological polar surface area (TPSA) is 89.4 Å². The van der Waals surface area contributed by atoms with Crippen LogP contribution in [0.3, 0.4) is 0 Å². The van der Waals surface area contributed by atoms with Gasteiger partial charge in [0.25, 0.3) is 5.56 Å². The molecule has 0 amide bonds. The van der Waals surface area contributed by atoms with E-state index in [4.69, 9.17) is 33.9 Å². The molecule has 0 bridgehead atoms. The first-order valence-electron chi connectivity index (χ1n) is 10.8. The molecule has 1 spiro atoms. The summed E-state index contributed by atoms with van der Waals surface area (Å²) in [5.41, 5.74) is 9.00. The number of fused-ring (bicyclic) bond motifs is 1. The number of rotatable bonds is 2. The number of nitrogens with zero attached hydrogens (tertiary/aromatic N) is 5. The van der Waals surface area contributed by atoms with Crippen molar-refractivity contribution in [2.24, 2.45) is 29.1 Å². The first kappa shape index (κ1) is 20.9. The summed E-state index contributed by atoms with van der Waals surface area (Å²) < 4.78 is 1.63. The van der Waals surface area contributed by atoms with Crippen LogP contribution in [0.4, 0.5) is 5.95 Å². The predicted octanol–water partition coefficient (Wildman–Crippen LogP) is 3.18. The molecule has 1 saturated carbocycles. The smallest absolute Gasteiger partial charge is 0.264 e. The van der Waals surface area contributed by atoms with Crippen LogP contribution in [0.5, 0.6) is 0 Å². The highest BCUT2D eigenvalue weighted by Gasteiger charge is 2.46. The van der Waals surface area contributed by atoms with Gasteiger partial charge in [-0.05, 0) is 43.1 Å². The molecule has 2 fully saturated rings. The molecule has 5 rings (SSSR count). The van der Waals surface area contributed by atoms with E-state index in [9.17, 15) is 4.79 Å². The van der Waals surface area contributed by atoms with E-state index >= 15 is 0 Å². The van der Waals surface area contributed by atoms with Gasteiger partial charge in [0, 0.05) is 37.9 Å². The lowest BCUT2D eigenvalue weighted by Crippen LogP contribution is -2.49. The maximum absolute atomic E-state index is 13.4. The van der Waals surface area contributed by atoms with E-state index < -0.39 is 0 Å². The first-order valence-corrected chi connectivity index (χ1v) is 11.5. The van der Waals surface area contributed by atoms with Crippen molar-refractivity contribution in [1.82, 2.24) is 14.5 Å². The van der Waals surface area contributed by atoms with Gasteiger partial charge >= 0.3 is 0 Å². The summed E-state index contributed by atoms with van der Waals surface area (Å²) in [4.78, 5) is 29.0. The number of nitrogens with two attached hydrogens (primary N) is 1. The molecule has 164 valence electrons. The van der Waals surface area contributed by atoms with Crippen molar-refractivity contribution < 1.29 is 0 Å². The number of halogens is 2. The Balaban J connectivity index is 1.45. The van der Waals surface area contributed by atoms with Crippen molar-refractivity contribution in [3.63, 3.8) is 0 Å². The van der Waals surface area contributed by atoms with Crippen LogP contribution >= 0.6 is 23.2 Å².